The largest absolute Gasteiger partial charge is 0.467 e. The minimum absolute atomic E-state index is 0.0800. The lowest BCUT2D eigenvalue weighted by Gasteiger charge is -2.19. The molecular weight excluding hydrogens is 254 g/mol. The molecule has 110 valence electrons. The summed E-state index contributed by atoms with van der Waals surface area (Å²) in [5, 5.41) is 3.41. The molecule has 1 N–H and O–H groups in total. The van der Waals surface area contributed by atoms with Gasteiger partial charge in [0.2, 0.25) is 0 Å². The Morgan fingerprint density at radius 1 is 1.20 bits per heavy atom. The van der Waals surface area contributed by atoms with Gasteiger partial charge in [-0.05, 0) is 45.9 Å². The maximum atomic E-state index is 5.73. The third-order valence-electron chi connectivity index (χ3n) is 2.95. The van der Waals surface area contributed by atoms with Crippen molar-refractivity contribution in [3.63, 3.8) is 0 Å². The summed E-state index contributed by atoms with van der Waals surface area (Å²) in [5.41, 5.74) is 1.17. The highest BCUT2D eigenvalue weighted by atomic mass is 16.5. The molecule has 2 rings (SSSR count). The maximum Gasteiger partial charge on any atom is 0.129 e. The van der Waals surface area contributed by atoms with Crippen molar-refractivity contribution in [2.75, 3.05) is 0 Å². The summed E-state index contributed by atoms with van der Waals surface area (Å²) in [6.07, 6.45) is 1.65. The summed E-state index contributed by atoms with van der Waals surface area (Å²) in [5.74, 6) is 2.69. The van der Waals surface area contributed by atoms with E-state index in [0.717, 1.165) is 29.4 Å². The Morgan fingerprint density at radius 3 is 2.65 bits per heavy atom. The molecule has 2 aromatic rings. The van der Waals surface area contributed by atoms with Crippen LogP contribution in [-0.4, -0.2) is 5.54 Å². The van der Waals surface area contributed by atoms with Crippen molar-refractivity contribution in [1.29, 1.82) is 0 Å². The standard InChI is InChI=1S/C16H23NO3/c1-12-13(10-18-11-14-6-5-7-19-14)8-15(20-12)9-17-16(2,3)4/h5-8,17H,9-11H2,1-4H3. The molecule has 0 aliphatic carbocycles. The van der Waals surface area contributed by atoms with Crippen LogP contribution in [0.3, 0.4) is 0 Å². The van der Waals surface area contributed by atoms with Gasteiger partial charge in [-0.1, -0.05) is 0 Å². The topological polar surface area (TPSA) is 47.5 Å². The Morgan fingerprint density at radius 2 is 2.00 bits per heavy atom. The van der Waals surface area contributed by atoms with Crippen molar-refractivity contribution in [2.45, 2.75) is 53.0 Å². The quantitative estimate of drug-likeness (QED) is 0.872. The highest BCUT2D eigenvalue weighted by Gasteiger charge is 2.12. The molecule has 4 heteroatoms. The molecule has 0 fully saturated rings. The lowest BCUT2D eigenvalue weighted by atomic mass is 10.1. The fourth-order valence-corrected chi connectivity index (χ4v) is 1.83. The van der Waals surface area contributed by atoms with Gasteiger partial charge < -0.3 is 18.9 Å². The average molecular weight is 277 g/mol. The first-order valence-electron chi connectivity index (χ1n) is 6.87. The van der Waals surface area contributed by atoms with Crippen LogP contribution in [0.1, 0.15) is 43.6 Å². The molecule has 20 heavy (non-hydrogen) atoms. The number of hydrogen-bond donors (Lipinski definition) is 1. The van der Waals surface area contributed by atoms with Gasteiger partial charge in [0.25, 0.3) is 0 Å². The van der Waals surface area contributed by atoms with Crippen LogP contribution >= 0.6 is 0 Å². The van der Waals surface area contributed by atoms with E-state index in [1.807, 2.05) is 19.1 Å². The Balaban J connectivity index is 1.84. The summed E-state index contributed by atoms with van der Waals surface area (Å²) < 4.78 is 16.6. The third-order valence-corrected chi connectivity index (χ3v) is 2.95. The first-order chi connectivity index (χ1) is 9.44. The highest BCUT2D eigenvalue weighted by molar-refractivity contribution is 5.20. The van der Waals surface area contributed by atoms with E-state index in [-0.39, 0.29) is 5.54 Å². The zero-order chi connectivity index (χ0) is 14.6. The number of ether oxygens (including phenoxy) is 1. The Hall–Kier alpha value is -1.52. The van der Waals surface area contributed by atoms with Crippen LogP contribution in [0, 0.1) is 6.92 Å². The Kier molecular flexibility index (Phi) is 4.68. The lowest BCUT2D eigenvalue weighted by molar-refractivity contribution is 0.0921. The predicted octanol–water partition coefficient (Wildman–Crippen LogP) is 3.79. The molecule has 0 saturated carbocycles. The molecule has 0 aromatic carbocycles. The van der Waals surface area contributed by atoms with E-state index in [0.29, 0.717) is 13.2 Å². The molecule has 0 spiro atoms. The lowest BCUT2D eigenvalue weighted by Crippen LogP contribution is -2.34. The molecule has 0 aliphatic rings. The van der Waals surface area contributed by atoms with E-state index in [4.69, 9.17) is 13.6 Å². The van der Waals surface area contributed by atoms with Crippen molar-refractivity contribution in [2.24, 2.45) is 0 Å². The minimum Gasteiger partial charge on any atom is -0.467 e. The highest BCUT2D eigenvalue weighted by Crippen LogP contribution is 2.17. The van der Waals surface area contributed by atoms with Crippen molar-refractivity contribution < 1.29 is 13.6 Å². The number of furan rings is 2. The number of hydrogen-bond acceptors (Lipinski definition) is 4. The van der Waals surface area contributed by atoms with E-state index in [1.54, 1.807) is 6.26 Å². The molecule has 2 aromatic heterocycles. The van der Waals surface area contributed by atoms with Gasteiger partial charge in [0.1, 0.15) is 23.9 Å². The second-order valence-electron chi connectivity index (χ2n) is 5.97. The summed E-state index contributed by atoms with van der Waals surface area (Å²) in [6.45, 7) is 10.1. The van der Waals surface area contributed by atoms with Crippen molar-refractivity contribution >= 4 is 0 Å². The van der Waals surface area contributed by atoms with Gasteiger partial charge in [0, 0.05) is 11.1 Å². The van der Waals surface area contributed by atoms with Crippen LogP contribution in [-0.2, 0) is 24.5 Å². The molecule has 0 saturated heterocycles. The van der Waals surface area contributed by atoms with E-state index >= 15 is 0 Å². The SMILES string of the molecule is Cc1oc(CNC(C)(C)C)cc1COCc1ccco1. The zero-order valence-corrected chi connectivity index (χ0v) is 12.7. The smallest absolute Gasteiger partial charge is 0.129 e. The first kappa shape index (κ1) is 14.9. The van der Waals surface area contributed by atoms with Crippen LogP contribution in [0.2, 0.25) is 0 Å². The zero-order valence-electron chi connectivity index (χ0n) is 12.7. The molecule has 0 aliphatic heterocycles. The molecule has 4 nitrogen and oxygen atoms in total. The number of aryl methyl sites for hydroxylation is 1. The van der Waals surface area contributed by atoms with E-state index in [2.05, 4.69) is 32.2 Å². The molecule has 0 amide bonds. The van der Waals surface area contributed by atoms with Crippen LogP contribution in [0.4, 0.5) is 0 Å². The molecular formula is C16H23NO3. The second kappa shape index (κ2) is 6.29. The van der Waals surface area contributed by atoms with E-state index < -0.39 is 0 Å². The van der Waals surface area contributed by atoms with Crippen molar-refractivity contribution in [3.8, 4) is 0 Å². The second-order valence-corrected chi connectivity index (χ2v) is 5.97. The van der Waals surface area contributed by atoms with Crippen LogP contribution < -0.4 is 5.32 Å². The molecule has 2 heterocycles. The van der Waals surface area contributed by atoms with Gasteiger partial charge in [-0.2, -0.15) is 0 Å². The van der Waals surface area contributed by atoms with Crippen molar-refractivity contribution in [1.82, 2.24) is 5.32 Å². The summed E-state index contributed by atoms with van der Waals surface area (Å²) in [7, 11) is 0. The van der Waals surface area contributed by atoms with Gasteiger partial charge in [0.15, 0.2) is 0 Å². The number of nitrogens with one attached hydrogen (secondary N) is 1. The van der Waals surface area contributed by atoms with E-state index in [9.17, 15) is 0 Å². The molecule has 0 atom stereocenters. The monoisotopic (exact) mass is 277 g/mol. The normalized spacial score (nSPS) is 12.0. The number of rotatable bonds is 6. The van der Waals surface area contributed by atoms with Gasteiger partial charge >= 0.3 is 0 Å². The van der Waals surface area contributed by atoms with Gasteiger partial charge in [-0.25, -0.2) is 0 Å². The minimum atomic E-state index is 0.0800. The molecule has 0 unspecified atom stereocenters. The molecule has 0 bridgehead atoms. The van der Waals surface area contributed by atoms with E-state index in [1.165, 1.54) is 0 Å². The Bertz CT molecular complexity index is 520. The van der Waals surface area contributed by atoms with Gasteiger partial charge in [0.05, 0.1) is 19.4 Å². The fraction of sp³-hybridized carbons (Fsp3) is 0.500. The molecule has 0 radical (unpaired) electrons. The Labute approximate surface area is 120 Å². The van der Waals surface area contributed by atoms with Gasteiger partial charge in [-0.3, -0.25) is 0 Å². The average Bonchev–Trinajstić information content (AvgIpc) is 2.97. The summed E-state index contributed by atoms with van der Waals surface area (Å²) in [4.78, 5) is 0. The van der Waals surface area contributed by atoms with Gasteiger partial charge in [-0.15, -0.1) is 0 Å². The first-order valence-corrected chi connectivity index (χ1v) is 6.87. The van der Waals surface area contributed by atoms with Crippen LogP contribution in [0.25, 0.3) is 0 Å². The maximum absolute atomic E-state index is 5.73. The summed E-state index contributed by atoms with van der Waals surface area (Å²) in [6, 6.07) is 5.81. The fourth-order valence-electron chi connectivity index (χ4n) is 1.83. The third kappa shape index (κ3) is 4.54. The van der Waals surface area contributed by atoms with Crippen molar-refractivity contribution in [3.05, 3.63) is 47.3 Å². The predicted molar refractivity (Wildman–Crippen MR) is 77.2 cm³/mol. The summed E-state index contributed by atoms with van der Waals surface area (Å²) >= 11 is 0. The van der Waals surface area contributed by atoms with Crippen LogP contribution in [0.15, 0.2) is 33.3 Å². The van der Waals surface area contributed by atoms with Crippen LogP contribution in [0.5, 0.6) is 0 Å².